The number of nitrogens with zero attached hydrogens (tertiary/aromatic N) is 1. The average molecular weight is 1100 g/mol. The number of unbranched alkanes of at least 4 members (excludes halogenated alkanes) is 47. The number of rotatable bonds is 63. The zero-order valence-electron chi connectivity index (χ0n) is 51.5. The van der Waals surface area contributed by atoms with Crippen LogP contribution in [0.25, 0.3) is 0 Å². The van der Waals surface area contributed by atoms with Crippen LogP contribution in [0, 0.1) is 0 Å². The minimum atomic E-state index is -4.63. The van der Waals surface area contributed by atoms with Gasteiger partial charge in [0.15, 0.2) is 6.10 Å². The fourth-order valence-corrected chi connectivity index (χ4v) is 10.8. The van der Waals surface area contributed by atoms with Gasteiger partial charge < -0.3 is 27.9 Å². The summed E-state index contributed by atoms with van der Waals surface area (Å²) in [5.41, 5.74) is 0. The molecule has 0 aromatic heterocycles. The molecule has 0 bridgehead atoms. The van der Waals surface area contributed by atoms with Crippen molar-refractivity contribution in [2.75, 3.05) is 47.5 Å². The van der Waals surface area contributed by atoms with Crippen molar-refractivity contribution in [2.24, 2.45) is 0 Å². The van der Waals surface area contributed by atoms with E-state index in [1.165, 1.54) is 257 Å². The van der Waals surface area contributed by atoms with Gasteiger partial charge in [-0.15, -0.1) is 0 Å². The highest BCUT2D eigenvalue weighted by molar-refractivity contribution is 7.45. The molecule has 0 N–H and O–H groups in total. The number of ether oxygens (including phenoxy) is 2. The molecule has 2 unspecified atom stereocenters. The van der Waals surface area contributed by atoms with E-state index in [9.17, 15) is 19.0 Å². The Hall–Kier alpha value is -1.25. The number of carbonyl (C=O) groups is 2. The van der Waals surface area contributed by atoms with Crippen LogP contribution in [0.1, 0.15) is 348 Å². The number of carbonyl (C=O) groups excluding carboxylic acids is 2. The second kappa shape index (κ2) is 58.4. The van der Waals surface area contributed by atoms with E-state index in [4.69, 9.17) is 18.5 Å². The van der Waals surface area contributed by atoms with E-state index in [-0.39, 0.29) is 32.0 Å². The van der Waals surface area contributed by atoms with Crippen LogP contribution >= 0.6 is 7.82 Å². The van der Waals surface area contributed by atoms with Crippen LogP contribution in [-0.2, 0) is 32.7 Å². The van der Waals surface area contributed by atoms with Crippen molar-refractivity contribution in [3.05, 3.63) is 12.2 Å². The van der Waals surface area contributed by atoms with Gasteiger partial charge in [0.25, 0.3) is 7.82 Å². The Labute approximate surface area is 473 Å². The minimum absolute atomic E-state index is 0.0291. The molecule has 0 aromatic carbocycles. The lowest BCUT2D eigenvalue weighted by Gasteiger charge is -2.28. The third kappa shape index (κ3) is 62.0. The first-order valence-corrected chi connectivity index (χ1v) is 34.9. The molecular weight excluding hydrogens is 966 g/mol. The van der Waals surface area contributed by atoms with Crippen LogP contribution in [0.3, 0.4) is 0 Å². The van der Waals surface area contributed by atoms with E-state index >= 15 is 0 Å². The summed E-state index contributed by atoms with van der Waals surface area (Å²) in [6.07, 6.45) is 70.6. The van der Waals surface area contributed by atoms with Crippen LogP contribution in [0.2, 0.25) is 0 Å². The summed E-state index contributed by atoms with van der Waals surface area (Å²) < 4.78 is 34.1. The SMILES string of the molecule is CCCC/C=C\CCCCCCCC(=O)OC(COC(=O)CCCCCCCCCCCCCCCCCCCCCCCCCCCCCCCCCCCCCCCCCCC)COP(=O)([O-])OCC[N+](C)(C)C. The van der Waals surface area contributed by atoms with Gasteiger partial charge in [0.2, 0.25) is 0 Å². The molecule has 0 aliphatic heterocycles. The van der Waals surface area contributed by atoms with E-state index in [1.807, 2.05) is 21.1 Å². The van der Waals surface area contributed by atoms with E-state index < -0.39 is 26.5 Å². The zero-order chi connectivity index (χ0) is 55.6. The monoisotopic (exact) mass is 1100 g/mol. The predicted molar refractivity (Wildman–Crippen MR) is 324 cm³/mol. The van der Waals surface area contributed by atoms with Gasteiger partial charge in [-0.3, -0.25) is 14.2 Å². The molecule has 0 fully saturated rings. The van der Waals surface area contributed by atoms with E-state index in [0.717, 1.165) is 57.8 Å². The van der Waals surface area contributed by atoms with Crippen molar-refractivity contribution in [2.45, 2.75) is 354 Å². The molecule has 0 saturated carbocycles. The quantitative estimate of drug-likeness (QED) is 0.0195. The highest BCUT2D eigenvalue weighted by Crippen LogP contribution is 2.38. The number of hydrogen-bond acceptors (Lipinski definition) is 8. The highest BCUT2D eigenvalue weighted by atomic mass is 31.2. The fourth-order valence-electron chi connectivity index (χ4n) is 10.1. The van der Waals surface area contributed by atoms with Crippen LogP contribution < -0.4 is 4.89 Å². The predicted octanol–water partition coefficient (Wildman–Crippen LogP) is 20.5. The lowest BCUT2D eigenvalue weighted by molar-refractivity contribution is -0.870. The lowest BCUT2D eigenvalue weighted by atomic mass is 10.0. The first kappa shape index (κ1) is 74.8. The van der Waals surface area contributed by atoms with Crippen molar-refractivity contribution in [3.63, 3.8) is 0 Å². The van der Waals surface area contributed by atoms with Crippen LogP contribution in [0.4, 0.5) is 0 Å². The first-order chi connectivity index (χ1) is 37.0. The Bertz CT molecular complexity index is 1290. The van der Waals surface area contributed by atoms with E-state index in [1.54, 1.807) is 0 Å². The number of esters is 2. The molecule has 0 spiro atoms. The molecule has 0 aliphatic rings. The third-order valence-corrected chi connectivity index (χ3v) is 16.2. The summed E-state index contributed by atoms with van der Waals surface area (Å²) in [5, 5.41) is 0. The second-order valence-electron chi connectivity index (χ2n) is 24.2. The number of quaternary nitrogens is 1. The largest absolute Gasteiger partial charge is 0.756 e. The smallest absolute Gasteiger partial charge is 0.306 e. The summed E-state index contributed by atoms with van der Waals surface area (Å²) in [7, 11) is 1.18. The molecular formula is C66H130NO8P. The molecule has 0 heterocycles. The number of phosphoric ester groups is 1. The van der Waals surface area contributed by atoms with Gasteiger partial charge in [0.1, 0.15) is 19.8 Å². The Kier molecular flexibility index (Phi) is 57.4. The van der Waals surface area contributed by atoms with Crippen LogP contribution in [0.15, 0.2) is 12.2 Å². The molecule has 2 atom stereocenters. The Morgan fingerprint density at radius 1 is 0.395 bits per heavy atom. The van der Waals surface area contributed by atoms with E-state index in [0.29, 0.717) is 17.4 Å². The molecule has 0 rings (SSSR count). The minimum Gasteiger partial charge on any atom is -0.756 e. The van der Waals surface area contributed by atoms with Crippen LogP contribution in [-0.4, -0.2) is 70.0 Å². The van der Waals surface area contributed by atoms with Crippen LogP contribution in [0.5, 0.6) is 0 Å². The Balaban J connectivity index is 3.73. The first-order valence-electron chi connectivity index (χ1n) is 33.4. The van der Waals surface area contributed by atoms with Gasteiger partial charge in [-0.1, -0.05) is 315 Å². The van der Waals surface area contributed by atoms with E-state index in [2.05, 4.69) is 26.0 Å². The third-order valence-electron chi connectivity index (χ3n) is 15.3. The molecule has 9 nitrogen and oxygen atoms in total. The molecule has 76 heavy (non-hydrogen) atoms. The summed E-state index contributed by atoms with van der Waals surface area (Å²) >= 11 is 0. The Morgan fingerprint density at radius 2 is 0.684 bits per heavy atom. The maximum atomic E-state index is 12.7. The molecule has 0 amide bonds. The van der Waals surface area contributed by atoms with Gasteiger partial charge in [-0.2, -0.15) is 0 Å². The lowest BCUT2D eigenvalue weighted by Crippen LogP contribution is -2.37. The van der Waals surface area contributed by atoms with Crippen molar-refractivity contribution < 1.29 is 42.1 Å². The summed E-state index contributed by atoms with van der Waals surface area (Å²) in [5.74, 6) is -0.829. The summed E-state index contributed by atoms with van der Waals surface area (Å²) in [6.45, 7) is 4.24. The van der Waals surface area contributed by atoms with Crippen molar-refractivity contribution in [1.29, 1.82) is 0 Å². The summed E-state index contributed by atoms with van der Waals surface area (Å²) in [6, 6.07) is 0. The van der Waals surface area contributed by atoms with Gasteiger partial charge >= 0.3 is 11.9 Å². The van der Waals surface area contributed by atoms with Gasteiger partial charge in [-0.05, 0) is 32.1 Å². The second-order valence-corrected chi connectivity index (χ2v) is 25.6. The Morgan fingerprint density at radius 3 is 1.01 bits per heavy atom. The average Bonchev–Trinajstić information content (AvgIpc) is 3.38. The van der Waals surface area contributed by atoms with Gasteiger partial charge in [-0.25, -0.2) is 0 Å². The number of hydrogen-bond donors (Lipinski definition) is 0. The number of likely N-dealkylation sites (N-methyl/N-ethyl adjacent to an activating group) is 1. The van der Waals surface area contributed by atoms with Crippen molar-refractivity contribution in [3.8, 4) is 0 Å². The fraction of sp³-hybridized carbons (Fsp3) is 0.939. The molecule has 0 aliphatic carbocycles. The molecule has 0 saturated heterocycles. The summed E-state index contributed by atoms with van der Waals surface area (Å²) in [4.78, 5) is 37.7. The number of phosphoric acid groups is 1. The molecule has 452 valence electrons. The molecule has 0 aromatic rings. The van der Waals surface area contributed by atoms with Gasteiger partial charge in [0, 0.05) is 12.8 Å². The van der Waals surface area contributed by atoms with Crippen molar-refractivity contribution in [1.82, 2.24) is 0 Å². The highest BCUT2D eigenvalue weighted by Gasteiger charge is 2.22. The maximum absolute atomic E-state index is 12.7. The standard InChI is InChI=1S/C66H130NO8P/c1-6-8-10-12-14-16-18-19-20-21-22-23-24-25-26-27-28-29-30-31-32-33-34-35-36-37-38-39-40-41-42-43-44-45-46-47-49-50-52-54-56-58-65(68)72-62-64(63-74-76(70,71)73-61-60-67(3,4)5)75-66(69)59-57-55-53-51-48-17-15-13-11-9-7-2/h13,15,64H,6-12,14,16-63H2,1-5H3/b15-13-. The molecule has 10 heteroatoms. The maximum Gasteiger partial charge on any atom is 0.306 e. The zero-order valence-corrected chi connectivity index (χ0v) is 52.4. The van der Waals surface area contributed by atoms with Crippen molar-refractivity contribution >= 4 is 19.8 Å². The molecule has 0 radical (unpaired) electrons. The number of allylic oxidation sites excluding steroid dienone is 2. The topological polar surface area (TPSA) is 111 Å². The van der Waals surface area contributed by atoms with Gasteiger partial charge in [0.05, 0.1) is 27.7 Å². The normalized spacial score (nSPS) is 13.2.